The Morgan fingerprint density at radius 2 is 1.69 bits per heavy atom. The molecule has 4 bridgehead atoms. The first kappa shape index (κ1) is 28.1. The quantitative estimate of drug-likeness (QED) is 0.163. The van der Waals surface area contributed by atoms with Crippen LogP contribution in [0.1, 0.15) is 69.9 Å². The maximum atomic E-state index is 13.5. The number of aromatic amines is 1. The maximum Gasteiger partial charge on any atom is 0.243 e. The number of nitrogens with two attached hydrogens (primary N) is 1. The molecule has 0 radical (unpaired) electrons. The Kier molecular flexibility index (Phi) is 9.22. The highest BCUT2D eigenvalue weighted by atomic mass is 16.2. The third kappa shape index (κ3) is 7.59. The van der Waals surface area contributed by atoms with Gasteiger partial charge >= 0.3 is 0 Å². The first-order chi connectivity index (χ1) is 18.7. The van der Waals surface area contributed by atoms with Gasteiger partial charge in [-0.25, -0.2) is 0 Å². The maximum absolute atomic E-state index is 13.5. The molecule has 3 amide bonds. The number of aromatic nitrogens is 1. The second-order valence-corrected chi connectivity index (χ2v) is 10.8. The van der Waals surface area contributed by atoms with Crippen LogP contribution in [0.2, 0.25) is 0 Å². The second-order valence-electron chi connectivity index (χ2n) is 10.8. The van der Waals surface area contributed by atoms with Crippen LogP contribution in [-0.4, -0.2) is 46.7 Å². The van der Waals surface area contributed by atoms with E-state index in [2.05, 4.69) is 45.2 Å². The smallest absolute Gasteiger partial charge is 0.243 e. The van der Waals surface area contributed by atoms with Crippen molar-refractivity contribution in [2.75, 3.05) is 0 Å². The highest BCUT2D eigenvalue weighted by Crippen LogP contribution is 2.28. The lowest BCUT2D eigenvalue weighted by molar-refractivity contribution is -0.132. The number of hydrogen-bond donors (Lipinski definition) is 6. The Hall–Kier alpha value is -3.88. The normalized spacial score (nSPS) is 21.0. The van der Waals surface area contributed by atoms with Gasteiger partial charge in [0.2, 0.25) is 17.7 Å². The number of carbonyl (C=O) groups excluding carboxylic acids is 3. The molecule has 3 aromatic rings. The van der Waals surface area contributed by atoms with Crippen LogP contribution in [0.15, 0.2) is 36.4 Å². The highest BCUT2D eigenvalue weighted by Gasteiger charge is 2.27. The Morgan fingerprint density at radius 1 is 1.00 bits per heavy atom. The molecule has 1 aliphatic heterocycles. The Morgan fingerprint density at radius 3 is 2.38 bits per heavy atom. The zero-order chi connectivity index (χ0) is 27.9. The molecule has 0 spiro atoms. The minimum Gasteiger partial charge on any atom is -0.388 e. The predicted octanol–water partition coefficient (Wildman–Crippen LogP) is 3.58. The van der Waals surface area contributed by atoms with Gasteiger partial charge in [-0.15, -0.1) is 0 Å². The van der Waals surface area contributed by atoms with Crippen molar-refractivity contribution in [2.24, 2.45) is 5.73 Å². The van der Waals surface area contributed by atoms with Gasteiger partial charge in [-0.2, -0.15) is 0 Å². The van der Waals surface area contributed by atoms with Crippen LogP contribution in [0.4, 0.5) is 0 Å². The van der Waals surface area contributed by atoms with Gasteiger partial charge in [-0.1, -0.05) is 25.0 Å². The Balaban J connectivity index is 1.65. The summed E-state index contributed by atoms with van der Waals surface area (Å²) in [6, 6.07) is 11.0. The first-order valence-electron chi connectivity index (χ1n) is 13.9. The van der Waals surface area contributed by atoms with Gasteiger partial charge in [0.25, 0.3) is 0 Å². The summed E-state index contributed by atoms with van der Waals surface area (Å²) in [5.41, 5.74) is 9.76. The SMILES string of the molecule is CC(=O)NC1Cc2ccc3[nH]c4ccc(cc4c3c2)CCCC[C@@H](C)NC(=O)[C@@H](CCCCC(=N)N)NC1=O. The number of amidine groups is 1. The fourth-order valence-electron chi connectivity index (χ4n) is 5.36. The van der Waals surface area contributed by atoms with Gasteiger partial charge in [0.1, 0.15) is 12.1 Å². The number of fused-ring (bicyclic) bond motifs is 2. The summed E-state index contributed by atoms with van der Waals surface area (Å²) in [6.07, 6.45) is 6.24. The molecule has 7 N–H and O–H groups in total. The van der Waals surface area contributed by atoms with Gasteiger partial charge in [-0.05, 0) is 74.4 Å². The summed E-state index contributed by atoms with van der Waals surface area (Å²) in [5, 5.41) is 18.4. The molecule has 4 rings (SSSR count). The molecule has 9 nitrogen and oxygen atoms in total. The van der Waals surface area contributed by atoms with Crippen molar-refractivity contribution in [1.29, 1.82) is 5.41 Å². The van der Waals surface area contributed by atoms with Gasteiger partial charge < -0.3 is 26.7 Å². The van der Waals surface area contributed by atoms with Crippen LogP contribution in [0, 0.1) is 5.41 Å². The van der Waals surface area contributed by atoms with Gasteiger partial charge in [-0.3, -0.25) is 19.8 Å². The van der Waals surface area contributed by atoms with Crippen molar-refractivity contribution in [3.8, 4) is 0 Å². The third-order valence-corrected chi connectivity index (χ3v) is 7.42. The average molecular weight is 533 g/mol. The van der Waals surface area contributed by atoms with E-state index in [1.165, 1.54) is 12.5 Å². The second kappa shape index (κ2) is 12.8. The number of aryl methyl sites for hydroxylation is 1. The van der Waals surface area contributed by atoms with Crippen molar-refractivity contribution >= 4 is 45.4 Å². The van der Waals surface area contributed by atoms with E-state index in [1.807, 2.05) is 19.1 Å². The first-order valence-corrected chi connectivity index (χ1v) is 13.9. The van der Waals surface area contributed by atoms with Crippen LogP contribution in [0.5, 0.6) is 0 Å². The number of rotatable bonds is 6. The average Bonchev–Trinajstić information content (AvgIpc) is 3.24. The van der Waals surface area contributed by atoms with Crippen molar-refractivity contribution < 1.29 is 14.4 Å². The van der Waals surface area contributed by atoms with Crippen molar-refractivity contribution in [3.05, 3.63) is 47.5 Å². The van der Waals surface area contributed by atoms with Crippen molar-refractivity contribution in [2.45, 2.75) is 89.8 Å². The summed E-state index contributed by atoms with van der Waals surface area (Å²) in [5.74, 6) is -0.834. The minimum absolute atomic E-state index is 0.0364. The number of unbranched alkanes of at least 4 members (excludes halogenated alkanes) is 1. The lowest BCUT2D eigenvalue weighted by atomic mass is 9.99. The van der Waals surface area contributed by atoms with Gasteiger partial charge in [0, 0.05) is 47.6 Å². The van der Waals surface area contributed by atoms with E-state index >= 15 is 0 Å². The molecule has 208 valence electrons. The fraction of sp³-hybridized carbons (Fsp3) is 0.467. The van der Waals surface area contributed by atoms with Gasteiger partial charge in [0.15, 0.2) is 0 Å². The van der Waals surface area contributed by atoms with Gasteiger partial charge in [0.05, 0.1) is 5.84 Å². The number of nitrogens with one attached hydrogen (secondary N) is 5. The van der Waals surface area contributed by atoms with Crippen LogP contribution in [-0.2, 0) is 27.2 Å². The molecule has 0 aliphatic carbocycles. The molecule has 0 saturated heterocycles. The fourth-order valence-corrected chi connectivity index (χ4v) is 5.36. The number of carbonyl (C=O) groups is 3. The standard InChI is InChI=1S/C30H40N6O3/c1-18-7-3-4-8-20-11-13-24-22(15-20)23-16-21(12-14-25(23)35-24)17-27(34-19(2)37)30(39)36-26(29(38)33-18)9-5-6-10-28(31)32/h11-16,18,26-27,35H,3-10,17H2,1-2H3,(H3,31,32)(H,33,38)(H,34,37)(H,36,39)/t18-,26-,27?/m1/s1. The van der Waals surface area contributed by atoms with Crippen LogP contribution >= 0.6 is 0 Å². The molecule has 1 aromatic heterocycles. The molecule has 39 heavy (non-hydrogen) atoms. The number of hydrogen-bond acceptors (Lipinski definition) is 4. The third-order valence-electron chi connectivity index (χ3n) is 7.42. The highest BCUT2D eigenvalue weighted by molar-refractivity contribution is 6.07. The summed E-state index contributed by atoms with van der Waals surface area (Å²) < 4.78 is 0. The van der Waals surface area contributed by atoms with Crippen LogP contribution < -0.4 is 21.7 Å². The van der Waals surface area contributed by atoms with E-state index < -0.39 is 18.0 Å². The molecular formula is C30H40N6O3. The summed E-state index contributed by atoms with van der Waals surface area (Å²) in [6.45, 7) is 3.37. The number of H-pyrrole nitrogens is 1. The topological polar surface area (TPSA) is 153 Å². The minimum atomic E-state index is -0.829. The van der Waals surface area contributed by atoms with Crippen LogP contribution in [0.25, 0.3) is 21.8 Å². The summed E-state index contributed by atoms with van der Waals surface area (Å²) >= 11 is 0. The van der Waals surface area contributed by atoms with Crippen LogP contribution in [0.3, 0.4) is 0 Å². The molecule has 1 aliphatic rings. The summed E-state index contributed by atoms with van der Waals surface area (Å²) in [7, 11) is 0. The number of benzene rings is 2. The molecule has 1 unspecified atom stereocenters. The molecule has 9 heteroatoms. The molecule has 0 saturated carbocycles. The zero-order valence-corrected chi connectivity index (χ0v) is 22.9. The Bertz CT molecular complexity index is 1360. The lowest BCUT2D eigenvalue weighted by Crippen LogP contribution is -2.55. The van der Waals surface area contributed by atoms with E-state index in [9.17, 15) is 14.4 Å². The van der Waals surface area contributed by atoms with E-state index in [1.54, 1.807) is 0 Å². The molecule has 3 atom stereocenters. The summed E-state index contributed by atoms with van der Waals surface area (Å²) in [4.78, 5) is 42.2. The van der Waals surface area contributed by atoms with E-state index in [4.69, 9.17) is 11.1 Å². The largest absolute Gasteiger partial charge is 0.388 e. The van der Waals surface area contributed by atoms with E-state index in [-0.39, 0.29) is 23.7 Å². The van der Waals surface area contributed by atoms with E-state index in [0.717, 1.165) is 53.1 Å². The Labute approximate surface area is 229 Å². The number of amides is 3. The lowest BCUT2D eigenvalue weighted by Gasteiger charge is -2.24. The molecular weight excluding hydrogens is 492 g/mol. The molecule has 0 fully saturated rings. The zero-order valence-electron chi connectivity index (χ0n) is 22.9. The molecule has 2 heterocycles. The van der Waals surface area contributed by atoms with Crippen molar-refractivity contribution in [3.63, 3.8) is 0 Å². The van der Waals surface area contributed by atoms with E-state index in [0.29, 0.717) is 32.1 Å². The molecule has 2 aromatic carbocycles. The predicted molar refractivity (Wildman–Crippen MR) is 155 cm³/mol. The van der Waals surface area contributed by atoms with Crippen molar-refractivity contribution in [1.82, 2.24) is 20.9 Å². The monoisotopic (exact) mass is 532 g/mol.